The molecule has 3 aromatic rings. The minimum atomic E-state index is -1.05. The fourth-order valence-electron chi connectivity index (χ4n) is 3.91. The van der Waals surface area contributed by atoms with Crippen LogP contribution in [-0.4, -0.2) is 35.4 Å². The van der Waals surface area contributed by atoms with Crippen molar-refractivity contribution in [2.75, 3.05) is 13.2 Å². The van der Waals surface area contributed by atoms with E-state index in [2.05, 4.69) is 0 Å². The number of nitrogens with zero attached hydrogens (tertiary/aromatic N) is 1. The number of pyridine rings is 1. The predicted octanol–water partition coefficient (Wildman–Crippen LogP) is 5.10. The third-order valence-corrected chi connectivity index (χ3v) is 5.53. The average molecular weight is 409 g/mol. The van der Waals surface area contributed by atoms with Gasteiger partial charge >= 0.3 is 5.97 Å². The summed E-state index contributed by atoms with van der Waals surface area (Å²) in [6.07, 6.45) is 0.597. The smallest absolute Gasteiger partial charge is 0.344 e. The topological polar surface area (TPSA) is 68.7 Å². The molecule has 6 heteroatoms. The largest absolute Gasteiger partial charge is 0.479 e. The second kappa shape index (κ2) is 8.40. The summed E-state index contributed by atoms with van der Waals surface area (Å²) < 4.78 is 24.9. The molecule has 4 rings (SSSR count). The second-order valence-corrected chi connectivity index (χ2v) is 7.72. The van der Waals surface area contributed by atoms with Gasteiger partial charge in [0.05, 0.1) is 5.69 Å². The van der Waals surface area contributed by atoms with Gasteiger partial charge in [0, 0.05) is 30.1 Å². The third kappa shape index (κ3) is 4.00. The molecule has 156 valence electrons. The Labute approximate surface area is 174 Å². The number of aryl methyl sites for hydroxylation is 1. The molecule has 0 radical (unpaired) electrons. The Bertz CT molecular complexity index is 1070. The van der Waals surface area contributed by atoms with Gasteiger partial charge in [-0.15, -0.1) is 0 Å². The summed E-state index contributed by atoms with van der Waals surface area (Å²) >= 11 is 0. The zero-order valence-corrected chi connectivity index (χ0v) is 17.0. The summed E-state index contributed by atoms with van der Waals surface area (Å²) in [7, 11) is 0. The lowest BCUT2D eigenvalue weighted by molar-refractivity contribution is -0.144. The number of fused-ring (bicyclic) bond motifs is 1. The summed E-state index contributed by atoms with van der Waals surface area (Å²) in [6.45, 7) is 4.74. The molecule has 2 aromatic carbocycles. The van der Waals surface area contributed by atoms with Gasteiger partial charge in [-0.05, 0) is 55.8 Å². The average Bonchev–Trinajstić information content (AvgIpc) is 2.75. The summed E-state index contributed by atoms with van der Waals surface area (Å²) in [5.74, 6) is -0.884. The van der Waals surface area contributed by atoms with Crippen LogP contribution in [0.25, 0.3) is 21.9 Å². The zero-order valence-electron chi connectivity index (χ0n) is 17.0. The van der Waals surface area contributed by atoms with Gasteiger partial charge in [-0.25, -0.2) is 14.2 Å². The molecular formula is C24H24FNO4. The highest BCUT2D eigenvalue weighted by atomic mass is 19.1. The molecule has 30 heavy (non-hydrogen) atoms. The maximum atomic E-state index is 13.6. The van der Waals surface area contributed by atoms with Crippen LogP contribution in [0.5, 0.6) is 5.88 Å². The molecular weight excluding hydrogens is 385 g/mol. The van der Waals surface area contributed by atoms with Gasteiger partial charge in [0.15, 0.2) is 6.10 Å². The molecule has 0 amide bonds. The van der Waals surface area contributed by atoms with E-state index >= 15 is 0 Å². The number of aliphatic carboxylic acids is 1. The lowest BCUT2D eigenvalue weighted by Crippen LogP contribution is -2.24. The molecule has 2 heterocycles. The van der Waals surface area contributed by atoms with E-state index in [1.54, 1.807) is 12.1 Å². The van der Waals surface area contributed by atoms with Crippen molar-refractivity contribution in [3.8, 4) is 17.0 Å². The Balaban J connectivity index is 1.98. The van der Waals surface area contributed by atoms with Crippen molar-refractivity contribution in [2.45, 2.75) is 38.7 Å². The molecule has 0 unspecified atom stereocenters. The van der Waals surface area contributed by atoms with Crippen LogP contribution in [-0.2, 0) is 9.53 Å². The van der Waals surface area contributed by atoms with Gasteiger partial charge in [0.1, 0.15) is 5.82 Å². The zero-order chi connectivity index (χ0) is 21.3. The number of benzene rings is 2. The maximum absolute atomic E-state index is 13.6. The van der Waals surface area contributed by atoms with E-state index in [0.717, 1.165) is 46.0 Å². The summed E-state index contributed by atoms with van der Waals surface area (Å²) in [5, 5.41) is 11.0. The molecule has 1 atom stereocenters. The third-order valence-electron chi connectivity index (χ3n) is 5.53. The predicted molar refractivity (Wildman–Crippen MR) is 112 cm³/mol. The Kier molecular flexibility index (Phi) is 5.68. The minimum Gasteiger partial charge on any atom is -0.479 e. The quantitative estimate of drug-likeness (QED) is 0.635. The van der Waals surface area contributed by atoms with E-state index in [-0.39, 0.29) is 11.7 Å². The number of hydrogen-bond donors (Lipinski definition) is 1. The van der Waals surface area contributed by atoms with Gasteiger partial charge in [-0.3, -0.25) is 0 Å². The van der Waals surface area contributed by atoms with Crippen LogP contribution >= 0.6 is 0 Å². The molecule has 1 saturated heterocycles. The number of carboxylic acid groups (broad SMARTS) is 1. The number of rotatable bonds is 5. The van der Waals surface area contributed by atoms with Crippen LogP contribution < -0.4 is 4.74 Å². The van der Waals surface area contributed by atoms with Gasteiger partial charge in [0.2, 0.25) is 5.88 Å². The SMILES string of the molecule is Cc1ccc2c(-c3ccc(F)cc3)c(C3CCOCC3)nc(O[C@@H](C)C(=O)O)c2c1. The highest BCUT2D eigenvalue weighted by molar-refractivity contribution is 6.00. The van der Waals surface area contributed by atoms with E-state index in [4.69, 9.17) is 14.5 Å². The first-order chi connectivity index (χ1) is 14.4. The standard InChI is InChI=1S/C24H24FNO4/c1-14-3-8-19-20(13-14)23(30-15(2)24(27)28)26-22(17-9-11-29-12-10-17)21(19)16-4-6-18(25)7-5-16/h3-8,13,15,17H,9-12H2,1-2H3,(H,27,28)/t15-/m0/s1. The van der Waals surface area contributed by atoms with Crippen molar-refractivity contribution >= 4 is 16.7 Å². The highest BCUT2D eigenvalue weighted by Gasteiger charge is 2.26. The maximum Gasteiger partial charge on any atom is 0.344 e. The first-order valence-corrected chi connectivity index (χ1v) is 10.1. The van der Waals surface area contributed by atoms with Gasteiger partial charge in [-0.1, -0.05) is 29.8 Å². The molecule has 1 aliphatic heterocycles. The summed E-state index contributed by atoms with van der Waals surface area (Å²) in [6, 6.07) is 12.4. The van der Waals surface area contributed by atoms with Crippen molar-refractivity contribution < 1.29 is 23.8 Å². The summed E-state index contributed by atoms with van der Waals surface area (Å²) in [4.78, 5) is 16.3. The Morgan fingerprint density at radius 3 is 2.53 bits per heavy atom. The fourth-order valence-corrected chi connectivity index (χ4v) is 3.91. The number of aromatic nitrogens is 1. The van der Waals surface area contributed by atoms with Crippen LogP contribution in [0.1, 0.15) is 36.9 Å². The molecule has 1 aliphatic rings. The van der Waals surface area contributed by atoms with Crippen molar-refractivity contribution in [3.05, 3.63) is 59.5 Å². The molecule has 0 spiro atoms. The number of carbonyl (C=O) groups is 1. The lowest BCUT2D eigenvalue weighted by atomic mass is 9.87. The Morgan fingerprint density at radius 1 is 1.17 bits per heavy atom. The van der Waals surface area contributed by atoms with Crippen molar-refractivity contribution in [2.24, 2.45) is 0 Å². The van der Waals surface area contributed by atoms with Crippen LogP contribution in [0.4, 0.5) is 4.39 Å². The molecule has 1 N–H and O–H groups in total. The van der Waals surface area contributed by atoms with Crippen LogP contribution in [0.15, 0.2) is 42.5 Å². The number of halogens is 1. The molecule has 0 bridgehead atoms. The van der Waals surface area contributed by atoms with E-state index in [0.29, 0.717) is 19.1 Å². The fraction of sp³-hybridized carbons (Fsp3) is 0.333. The van der Waals surface area contributed by atoms with Crippen LogP contribution in [0.3, 0.4) is 0 Å². The minimum absolute atomic E-state index is 0.145. The van der Waals surface area contributed by atoms with Gasteiger partial charge < -0.3 is 14.6 Å². The highest BCUT2D eigenvalue weighted by Crippen LogP contribution is 2.41. The van der Waals surface area contributed by atoms with Crippen LogP contribution in [0, 0.1) is 12.7 Å². The number of hydrogen-bond acceptors (Lipinski definition) is 4. The van der Waals surface area contributed by atoms with Crippen molar-refractivity contribution in [3.63, 3.8) is 0 Å². The number of ether oxygens (including phenoxy) is 2. The molecule has 5 nitrogen and oxygen atoms in total. The Hall–Kier alpha value is -2.99. The normalized spacial score (nSPS) is 15.8. The monoisotopic (exact) mass is 409 g/mol. The van der Waals surface area contributed by atoms with Crippen molar-refractivity contribution in [1.82, 2.24) is 4.98 Å². The van der Waals surface area contributed by atoms with E-state index < -0.39 is 12.1 Å². The summed E-state index contributed by atoms with van der Waals surface area (Å²) in [5.41, 5.74) is 3.67. The van der Waals surface area contributed by atoms with Crippen LogP contribution in [0.2, 0.25) is 0 Å². The molecule has 0 aliphatic carbocycles. The Morgan fingerprint density at radius 2 is 1.87 bits per heavy atom. The van der Waals surface area contributed by atoms with Gasteiger partial charge in [0.25, 0.3) is 0 Å². The van der Waals surface area contributed by atoms with Crippen molar-refractivity contribution in [1.29, 1.82) is 0 Å². The second-order valence-electron chi connectivity index (χ2n) is 7.72. The molecule has 1 aromatic heterocycles. The first-order valence-electron chi connectivity index (χ1n) is 10.1. The lowest BCUT2D eigenvalue weighted by Gasteiger charge is -2.26. The van der Waals surface area contributed by atoms with Gasteiger partial charge in [-0.2, -0.15) is 0 Å². The van der Waals surface area contributed by atoms with E-state index in [9.17, 15) is 14.3 Å². The first kappa shape index (κ1) is 20.3. The van der Waals surface area contributed by atoms with E-state index in [1.165, 1.54) is 19.1 Å². The number of carboxylic acids is 1. The molecule has 1 fully saturated rings. The van der Waals surface area contributed by atoms with E-state index in [1.807, 2.05) is 25.1 Å². The molecule has 0 saturated carbocycles.